The van der Waals surface area contributed by atoms with Gasteiger partial charge in [0, 0.05) is 37.4 Å². The first-order valence-corrected chi connectivity index (χ1v) is 14.5. The van der Waals surface area contributed by atoms with Gasteiger partial charge < -0.3 is 83.5 Å². The lowest BCUT2D eigenvalue weighted by Gasteiger charge is -2.52. The molecular formula is C25H48N6O11. The molecule has 2 aliphatic carbocycles. The molecule has 16 atom stereocenters. The maximum Gasteiger partial charge on any atom is 0.253 e. The number of hydrogen-bond acceptors (Lipinski definition) is 16. The number of nitrogens with two attached hydrogens (primary N) is 4. The number of nitrogens with one attached hydrogen (secondary N) is 2. The van der Waals surface area contributed by atoms with Crippen LogP contribution < -0.4 is 33.6 Å². The standard InChI is InChI=1S/C25H48N6O11/c26-2-1-3-30-17-20(37)18(35)13(7-27)40-22(17)16-9(28)4-10(31-24(38)25(39)6-15(25)29)21(19(16)36)42-23-12(34)5-11(33)14(8-32)41-23/h9-23,30,32-37,39H,1-8,26-29H2,(H,31,38). The predicted octanol–water partition coefficient (Wildman–Crippen LogP) is -7.39. The van der Waals surface area contributed by atoms with Gasteiger partial charge in [0.2, 0.25) is 0 Å². The van der Waals surface area contributed by atoms with Crippen LogP contribution in [0.2, 0.25) is 0 Å². The summed E-state index contributed by atoms with van der Waals surface area (Å²) in [7, 11) is 0. The maximum atomic E-state index is 12.9. The molecule has 0 spiro atoms. The highest BCUT2D eigenvalue weighted by Crippen LogP contribution is 2.39. The number of carbonyl (C=O) groups is 1. The van der Waals surface area contributed by atoms with E-state index in [0.717, 1.165) is 0 Å². The number of carbonyl (C=O) groups excluding carboxylic acids is 1. The van der Waals surface area contributed by atoms with Crippen molar-refractivity contribution in [1.82, 2.24) is 10.6 Å². The van der Waals surface area contributed by atoms with Crippen LogP contribution in [0.1, 0.15) is 25.7 Å². The highest BCUT2D eigenvalue weighted by atomic mass is 16.7. The Morgan fingerprint density at radius 1 is 0.976 bits per heavy atom. The van der Waals surface area contributed by atoms with Crippen LogP contribution in [0.5, 0.6) is 0 Å². The fourth-order valence-corrected chi connectivity index (χ4v) is 6.31. The lowest BCUT2D eigenvalue weighted by molar-refractivity contribution is -0.303. The Balaban J connectivity index is 1.63. The van der Waals surface area contributed by atoms with Crippen LogP contribution >= 0.6 is 0 Å². The minimum absolute atomic E-state index is 0.000356. The van der Waals surface area contributed by atoms with Crippen molar-refractivity contribution in [3.8, 4) is 0 Å². The second kappa shape index (κ2) is 13.9. The second-order valence-electron chi connectivity index (χ2n) is 12.0. The van der Waals surface area contributed by atoms with E-state index >= 15 is 0 Å². The number of hydrogen-bond donors (Lipinski definition) is 13. The molecule has 17 N–H and O–H groups in total. The van der Waals surface area contributed by atoms with Gasteiger partial charge in [0.05, 0.1) is 43.1 Å². The molecule has 0 aromatic carbocycles. The summed E-state index contributed by atoms with van der Waals surface area (Å²) in [5.74, 6) is -1.74. The van der Waals surface area contributed by atoms with Gasteiger partial charge in [0.15, 0.2) is 11.9 Å². The van der Waals surface area contributed by atoms with Crippen molar-refractivity contribution in [3.05, 3.63) is 0 Å². The zero-order valence-electron chi connectivity index (χ0n) is 23.4. The van der Waals surface area contributed by atoms with E-state index in [-0.39, 0.29) is 25.8 Å². The smallest absolute Gasteiger partial charge is 0.253 e. The van der Waals surface area contributed by atoms with Crippen molar-refractivity contribution in [2.45, 2.75) is 117 Å². The molecular weight excluding hydrogens is 560 g/mol. The molecule has 0 radical (unpaired) electrons. The van der Waals surface area contributed by atoms with Crippen LogP contribution in [0.25, 0.3) is 0 Å². The van der Waals surface area contributed by atoms with Gasteiger partial charge in [-0.1, -0.05) is 0 Å². The molecule has 17 heteroatoms. The Hall–Kier alpha value is -1.13. The van der Waals surface area contributed by atoms with Gasteiger partial charge >= 0.3 is 0 Å². The van der Waals surface area contributed by atoms with Gasteiger partial charge in [0.1, 0.15) is 30.5 Å². The highest BCUT2D eigenvalue weighted by Gasteiger charge is 2.60. The minimum Gasteiger partial charge on any atom is -0.394 e. The first-order valence-electron chi connectivity index (χ1n) is 14.5. The van der Waals surface area contributed by atoms with Gasteiger partial charge in [0.25, 0.3) is 5.91 Å². The van der Waals surface area contributed by atoms with Crippen LogP contribution in [0.4, 0.5) is 0 Å². The molecule has 2 aliphatic heterocycles. The maximum absolute atomic E-state index is 12.9. The van der Waals surface area contributed by atoms with E-state index in [4.69, 9.17) is 37.1 Å². The molecule has 0 bridgehead atoms. The fourth-order valence-electron chi connectivity index (χ4n) is 6.31. The first-order chi connectivity index (χ1) is 19.9. The second-order valence-corrected chi connectivity index (χ2v) is 12.0. The van der Waals surface area contributed by atoms with E-state index in [1.807, 2.05) is 0 Å². The third-order valence-corrected chi connectivity index (χ3v) is 9.01. The first kappa shape index (κ1) is 33.8. The van der Waals surface area contributed by atoms with Crippen LogP contribution in [0.15, 0.2) is 0 Å². The van der Waals surface area contributed by atoms with Crippen molar-refractivity contribution in [2.75, 3.05) is 26.2 Å². The van der Waals surface area contributed by atoms with E-state index in [1.54, 1.807) is 0 Å². The summed E-state index contributed by atoms with van der Waals surface area (Å²) in [5, 5.41) is 80.1. The largest absolute Gasteiger partial charge is 0.394 e. The highest BCUT2D eigenvalue weighted by molar-refractivity contribution is 5.89. The van der Waals surface area contributed by atoms with E-state index in [0.29, 0.717) is 19.5 Å². The molecule has 0 aromatic rings. The number of aliphatic hydroxyl groups excluding tert-OH is 6. The van der Waals surface area contributed by atoms with Gasteiger partial charge in [-0.05, 0) is 25.9 Å². The average Bonchev–Trinajstić information content (AvgIpc) is 3.57. The molecule has 42 heavy (non-hydrogen) atoms. The molecule has 244 valence electrons. The summed E-state index contributed by atoms with van der Waals surface area (Å²) in [4.78, 5) is 12.9. The van der Waals surface area contributed by atoms with E-state index in [9.17, 15) is 40.5 Å². The van der Waals surface area contributed by atoms with Crippen molar-refractivity contribution in [2.24, 2.45) is 28.9 Å². The lowest BCUT2D eigenvalue weighted by Crippen LogP contribution is -2.72. The van der Waals surface area contributed by atoms with Crippen LogP contribution in [0.3, 0.4) is 0 Å². The zero-order valence-corrected chi connectivity index (χ0v) is 23.4. The molecule has 4 aliphatic rings. The van der Waals surface area contributed by atoms with Gasteiger partial charge in [-0.15, -0.1) is 0 Å². The van der Waals surface area contributed by atoms with Crippen LogP contribution in [-0.4, -0.2) is 159 Å². The summed E-state index contributed by atoms with van der Waals surface area (Å²) < 4.78 is 17.8. The molecule has 2 saturated carbocycles. The van der Waals surface area contributed by atoms with Crippen molar-refractivity contribution in [3.63, 3.8) is 0 Å². The SMILES string of the molecule is NCCCNC1C(O)C(O)C(CN)OC1C1C(N)CC(NC(=O)C2(O)CC2N)C(OC2OC(CO)C(O)CC2O)C1O. The summed E-state index contributed by atoms with van der Waals surface area (Å²) in [6, 6.07) is -3.53. The van der Waals surface area contributed by atoms with Crippen molar-refractivity contribution < 1.29 is 54.8 Å². The quantitative estimate of drug-likeness (QED) is 0.0968. The Morgan fingerprint density at radius 3 is 2.26 bits per heavy atom. The number of rotatable bonds is 11. The molecule has 16 unspecified atom stereocenters. The van der Waals surface area contributed by atoms with E-state index < -0.39 is 109 Å². The van der Waals surface area contributed by atoms with Gasteiger partial charge in [-0.2, -0.15) is 0 Å². The molecule has 2 heterocycles. The number of ether oxygens (including phenoxy) is 3. The lowest BCUT2D eigenvalue weighted by atomic mass is 9.71. The molecule has 4 rings (SSSR count). The topological polar surface area (TPSA) is 315 Å². The fraction of sp³-hybridized carbons (Fsp3) is 0.960. The monoisotopic (exact) mass is 608 g/mol. The van der Waals surface area contributed by atoms with E-state index in [1.165, 1.54) is 0 Å². The summed E-state index contributed by atoms with van der Waals surface area (Å²) in [5.41, 5.74) is 22.0. The minimum atomic E-state index is -1.79. The average molecular weight is 609 g/mol. The van der Waals surface area contributed by atoms with Gasteiger partial charge in [-0.25, -0.2) is 0 Å². The molecule has 2 saturated heterocycles. The Labute approximate surface area is 243 Å². The molecule has 1 amide bonds. The summed E-state index contributed by atoms with van der Waals surface area (Å²) >= 11 is 0. The zero-order chi connectivity index (χ0) is 30.9. The predicted molar refractivity (Wildman–Crippen MR) is 144 cm³/mol. The third kappa shape index (κ3) is 6.75. The Bertz CT molecular complexity index is 911. The number of amides is 1. The van der Waals surface area contributed by atoms with Crippen LogP contribution in [0, 0.1) is 5.92 Å². The van der Waals surface area contributed by atoms with Crippen molar-refractivity contribution in [1.29, 1.82) is 0 Å². The normalized spacial score (nSPS) is 49.5. The Morgan fingerprint density at radius 2 is 1.67 bits per heavy atom. The van der Waals surface area contributed by atoms with E-state index in [2.05, 4.69) is 10.6 Å². The molecule has 0 aromatic heterocycles. The number of aliphatic hydroxyl groups is 7. The third-order valence-electron chi connectivity index (χ3n) is 9.01. The van der Waals surface area contributed by atoms with Crippen LogP contribution in [-0.2, 0) is 19.0 Å². The van der Waals surface area contributed by atoms with Gasteiger partial charge in [-0.3, -0.25) is 4.79 Å². The Kier molecular flexibility index (Phi) is 11.2. The summed E-state index contributed by atoms with van der Waals surface area (Å²) in [6.45, 7) is 0.0288. The molecule has 17 nitrogen and oxygen atoms in total. The molecule has 4 fully saturated rings. The van der Waals surface area contributed by atoms with Crippen molar-refractivity contribution >= 4 is 5.91 Å². The summed E-state index contributed by atoms with van der Waals surface area (Å²) in [6.07, 6.45) is -12.1.